The third-order valence-electron chi connectivity index (χ3n) is 3.20. The Hall–Kier alpha value is -2.25. The van der Waals surface area contributed by atoms with Crippen LogP contribution in [0.5, 0.6) is 0 Å². The molecule has 2 aromatic rings. The van der Waals surface area contributed by atoms with Crippen molar-refractivity contribution in [1.29, 1.82) is 0 Å². The van der Waals surface area contributed by atoms with E-state index in [4.69, 9.17) is 5.73 Å². The second-order valence-corrected chi connectivity index (χ2v) is 5.30. The van der Waals surface area contributed by atoms with Crippen LogP contribution in [0.1, 0.15) is 13.8 Å². The highest BCUT2D eigenvalue weighted by atomic mass is 35.5. The van der Waals surface area contributed by atoms with E-state index < -0.39 is 6.04 Å². The molecule has 0 saturated heterocycles. The van der Waals surface area contributed by atoms with Gasteiger partial charge in [0.2, 0.25) is 11.8 Å². The maximum atomic E-state index is 11.8. The van der Waals surface area contributed by atoms with Crippen molar-refractivity contribution in [2.45, 2.75) is 19.9 Å². The SMILES string of the molecule is CC(C)[C@H](N)C(=O)NCC(=O)Nc1ccc2nccnc2c1.Cl. The van der Waals surface area contributed by atoms with E-state index in [0.717, 1.165) is 5.52 Å². The Morgan fingerprint density at radius 1 is 1.17 bits per heavy atom. The largest absolute Gasteiger partial charge is 0.346 e. The van der Waals surface area contributed by atoms with Crippen molar-refractivity contribution in [2.75, 3.05) is 11.9 Å². The van der Waals surface area contributed by atoms with Crippen molar-refractivity contribution in [1.82, 2.24) is 15.3 Å². The number of nitrogens with zero attached hydrogens (tertiary/aromatic N) is 2. The molecule has 0 aliphatic carbocycles. The first-order valence-corrected chi connectivity index (χ1v) is 7.01. The van der Waals surface area contributed by atoms with Crippen molar-refractivity contribution < 1.29 is 9.59 Å². The first-order valence-electron chi connectivity index (χ1n) is 7.01. The number of aromatic nitrogens is 2. The molecule has 0 aliphatic heterocycles. The molecular weight excluding hydrogens is 318 g/mol. The molecule has 1 aromatic carbocycles. The molecule has 124 valence electrons. The van der Waals surface area contributed by atoms with E-state index in [1.165, 1.54) is 0 Å². The average molecular weight is 338 g/mol. The fourth-order valence-electron chi connectivity index (χ4n) is 1.83. The molecule has 1 aromatic heterocycles. The van der Waals surface area contributed by atoms with Crippen molar-refractivity contribution in [2.24, 2.45) is 11.7 Å². The van der Waals surface area contributed by atoms with Crippen LogP contribution >= 0.6 is 12.4 Å². The number of nitrogens with one attached hydrogen (secondary N) is 2. The standard InChI is InChI=1S/C15H19N5O2.ClH/c1-9(2)14(16)15(22)19-8-13(21)20-10-3-4-11-12(7-10)18-6-5-17-11;/h3-7,9,14H,8,16H2,1-2H3,(H,19,22)(H,20,21);1H/t14-;/m0./s1. The number of carbonyl (C=O) groups is 2. The summed E-state index contributed by atoms with van der Waals surface area (Å²) in [5, 5.41) is 5.21. The highest BCUT2D eigenvalue weighted by molar-refractivity contribution is 5.96. The number of hydrogen-bond donors (Lipinski definition) is 3. The molecule has 4 N–H and O–H groups in total. The fourth-order valence-corrected chi connectivity index (χ4v) is 1.83. The normalized spacial score (nSPS) is 11.7. The van der Waals surface area contributed by atoms with Gasteiger partial charge in [-0.3, -0.25) is 19.6 Å². The molecule has 0 bridgehead atoms. The van der Waals surface area contributed by atoms with Crippen LogP contribution in [0.3, 0.4) is 0 Å². The molecule has 23 heavy (non-hydrogen) atoms. The summed E-state index contributed by atoms with van der Waals surface area (Å²) in [5.74, 6) is -0.649. The van der Waals surface area contributed by atoms with Gasteiger partial charge in [0.1, 0.15) is 0 Å². The lowest BCUT2D eigenvalue weighted by Gasteiger charge is -2.15. The Morgan fingerprint density at radius 3 is 2.48 bits per heavy atom. The summed E-state index contributed by atoms with van der Waals surface area (Å²) in [7, 11) is 0. The Labute approximate surface area is 140 Å². The summed E-state index contributed by atoms with van der Waals surface area (Å²) >= 11 is 0. The minimum atomic E-state index is -0.622. The lowest BCUT2D eigenvalue weighted by Crippen LogP contribution is -2.46. The van der Waals surface area contributed by atoms with E-state index in [1.54, 1.807) is 30.6 Å². The topological polar surface area (TPSA) is 110 Å². The van der Waals surface area contributed by atoms with E-state index in [0.29, 0.717) is 11.2 Å². The second-order valence-electron chi connectivity index (χ2n) is 5.30. The predicted molar refractivity (Wildman–Crippen MR) is 91.2 cm³/mol. The molecule has 8 heteroatoms. The first kappa shape index (κ1) is 18.8. The zero-order chi connectivity index (χ0) is 16.1. The van der Waals surface area contributed by atoms with Crippen LogP contribution in [0.4, 0.5) is 5.69 Å². The molecule has 0 radical (unpaired) electrons. The van der Waals surface area contributed by atoms with Gasteiger partial charge in [0.25, 0.3) is 0 Å². The van der Waals surface area contributed by atoms with Gasteiger partial charge in [0.15, 0.2) is 0 Å². The Balaban J connectivity index is 0.00000264. The number of hydrogen-bond acceptors (Lipinski definition) is 5. The molecule has 7 nitrogen and oxygen atoms in total. The summed E-state index contributed by atoms with van der Waals surface area (Å²) < 4.78 is 0. The van der Waals surface area contributed by atoms with Gasteiger partial charge in [-0.25, -0.2) is 0 Å². The van der Waals surface area contributed by atoms with Gasteiger partial charge in [-0.05, 0) is 24.1 Å². The van der Waals surface area contributed by atoms with Gasteiger partial charge in [-0.2, -0.15) is 0 Å². The van der Waals surface area contributed by atoms with Crippen LogP contribution in [-0.4, -0.2) is 34.4 Å². The lowest BCUT2D eigenvalue weighted by molar-refractivity contribution is -0.125. The van der Waals surface area contributed by atoms with Gasteiger partial charge < -0.3 is 16.4 Å². The van der Waals surface area contributed by atoms with E-state index in [9.17, 15) is 9.59 Å². The summed E-state index contributed by atoms with van der Waals surface area (Å²) in [6, 6.07) is 4.60. The molecule has 0 saturated carbocycles. The molecule has 0 spiro atoms. The smallest absolute Gasteiger partial charge is 0.243 e. The summed E-state index contributed by atoms with van der Waals surface area (Å²) in [6.07, 6.45) is 3.19. The Morgan fingerprint density at radius 2 is 1.83 bits per heavy atom. The second kappa shape index (κ2) is 8.40. The Kier molecular flexibility index (Phi) is 6.87. The number of halogens is 1. The van der Waals surface area contributed by atoms with Crippen LogP contribution in [0.15, 0.2) is 30.6 Å². The number of anilines is 1. The van der Waals surface area contributed by atoms with Crippen molar-refractivity contribution in [3.8, 4) is 0 Å². The highest BCUT2D eigenvalue weighted by Gasteiger charge is 2.17. The molecule has 0 fully saturated rings. The number of amides is 2. The molecule has 1 heterocycles. The molecule has 2 rings (SSSR count). The van der Waals surface area contributed by atoms with Gasteiger partial charge in [-0.1, -0.05) is 13.8 Å². The zero-order valence-corrected chi connectivity index (χ0v) is 13.8. The third-order valence-corrected chi connectivity index (χ3v) is 3.20. The van der Waals surface area contributed by atoms with Crippen LogP contribution in [0.2, 0.25) is 0 Å². The van der Waals surface area contributed by atoms with Gasteiger partial charge in [0.05, 0.1) is 23.6 Å². The quantitative estimate of drug-likeness (QED) is 0.756. The summed E-state index contributed by atoms with van der Waals surface area (Å²) in [6.45, 7) is 3.57. The minimum absolute atomic E-state index is 0. The number of carbonyl (C=O) groups excluding carboxylic acids is 2. The van der Waals surface area contributed by atoms with Crippen molar-refractivity contribution >= 4 is 40.9 Å². The summed E-state index contributed by atoms with van der Waals surface area (Å²) in [5.41, 5.74) is 7.73. The van der Waals surface area contributed by atoms with Crippen molar-refractivity contribution in [3.63, 3.8) is 0 Å². The third kappa shape index (κ3) is 5.15. The first-order chi connectivity index (χ1) is 10.5. The summed E-state index contributed by atoms with van der Waals surface area (Å²) in [4.78, 5) is 31.8. The van der Waals surface area contributed by atoms with E-state index in [1.807, 2.05) is 13.8 Å². The average Bonchev–Trinajstić information content (AvgIpc) is 2.51. The van der Waals surface area contributed by atoms with Gasteiger partial charge in [0, 0.05) is 18.1 Å². The molecule has 1 atom stereocenters. The lowest BCUT2D eigenvalue weighted by atomic mass is 10.1. The van der Waals surface area contributed by atoms with Crippen LogP contribution < -0.4 is 16.4 Å². The maximum absolute atomic E-state index is 11.8. The number of benzene rings is 1. The minimum Gasteiger partial charge on any atom is -0.346 e. The van der Waals surface area contributed by atoms with Gasteiger partial charge in [-0.15, -0.1) is 12.4 Å². The molecular formula is C15H20ClN5O2. The van der Waals surface area contributed by atoms with Gasteiger partial charge >= 0.3 is 0 Å². The van der Waals surface area contributed by atoms with Crippen LogP contribution in [0, 0.1) is 5.92 Å². The molecule has 0 aliphatic rings. The zero-order valence-electron chi connectivity index (χ0n) is 12.9. The molecule has 2 amide bonds. The molecule has 0 unspecified atom stereocenters. The number of fused-ring (bicyclic) bond motifs is 1. The van der Waals surface area contributed by atoms with Crippen molar-refractivity contribution in [3.05, 3.63) is 30.6 Å². The maximum Gasteiger partial charge on any atom is 0.243 e. The van der Waals surface area contributed by atoms with E-state index in [-0.39, 0.29) is 36.7 Å². The van der Waals surface area contributed by atoms with Crippen LogP contribution in [-0.2, 0) is 9.59 Å². The Bertz CT molecular complexity index is 692. The fraction of sp³-hybridized carbons (Fsp3) is 0.333. The number of nitrogens with two attached hydrogens (primary N) is 1. The van der Waals surface area contributed by atoms with Crippen LogP contribution in [0.25, 0.3) is 11.0 Å². The van der Waals surface area contributed by atoms with E-state index >= 15 is 0 Å². The highest BCUT2D eigenvalue weighted by Crippen LogP contribution is 2.14. The predicted octanol–water partition coefficient (Wildman–Crippen LogP) is 1.09. The monoisotopic (exact) mass is 337 g/mol. The van der Waals surface area contributed by atoms with E-state index in [2.05, 4.69) is 20.6 Å². The number of rotatable bonds is 5.